The Hall–Kier alpha value is -2.98. The van der Waals surface area contributed by atoms with Gasteiger partial charge >= 0.3 is 23.9 Å². The van der Waals surface area contributed by atoms with Crippen LogP contribution < -0.4 is 0 Å². The number of hydrogen-bond acceptors (Lipinski definition) is 10. The molecule has 9 atom stereocenters. The van der Waals surface area contributed by atoms with E-state index in [0.29, 0.717) is 18.6 Å². The first-order valence-corrected chi connectivity index (χ1v) is 14.4. The standard InChI is InChI=1S/C31H38O10/c1-18(32)38-24-25(39-19(2)33)29(5)27(3,21-12-9-13-31(17-37-31)28(21,24)4)14-22(30(41-29)15-23(34)36-16-30)40-26(35)20-10-7-6-8-11-20/h6-8,10-11,21-22,24-25H,9,12-17H2,1-5H3/t21-,22+,24+,25+,27-,28+,29+,30+,31+/m1/s1. The Balaban J connectivity index is 1.50. The van der Waals surface area contributed by atoms with Crippen molar-refractivity contribution in [2.45, 2.75) is 102 Å². The molecule has 10 heteroatoms. The molecule has 0 N–H and O–H groups in total. The zero-order chi connectivity index (χ0) is 29.4. The number of carbonyl (C=O) groups is 4. The molecule has 222 valence electrons. The van der Waals surface area contributed by atoms with Crippen LogP contribution in [0.4, 0.5) is 0 Å². The molecule has 2 aliphatic carbocycles. The summed E-state index contributed by atoms with van der Waals surface area (Å²) < 4.78 is 36.9. The van der Waals surface area contributed by atoms with Crippen molar-refractivity contribution in [3.05, 3.63) is 35.9 Å². The van der Waals surface area contributed by atoms with Crippen molar-refractivity contribution in [2.24, 2.45) is 16.7 Å². The van der Waals surface area contributed by atoms with Crippen molar-refractivity contribution in [2.75, 3.05) is 13.2 Å². The normalized spacial score (nSPS) is 44.4. The highest BCUT2D eigenvalue weighted by Gasteiger charge is 2.81. The fourth-order valence-electron chi connectivity index (χ4n) is 8.77. The molecule has 3 aliphatic heterocycles. The number of benzene rings is 1. The Bertz CT molecular complexity index is 1270. The number of fused-ring (bicyclic) bond motifs is 4. The van der Waals surface area contributed by atoms with Crippen LogP contribution in [0.5, 0.6) is 0 Å². The van der Waals surface area contributed by atoms with Gasteiger partial charge in [-0.1, -0.05) is 38.5 Å². The van der Waals surface area contributed by atoms with Gasteiger partial charge in [0.05, 0.1) is 18.6 Å². The van der Waals surface area contributed by atoms with Crippen LogP contribution in [0, 0.1) is 16.7 Å². The summed E-state index contributed by atoms with van der Waals surface area (Å²) in [5, 5.41) is 0. The Labute approximate surface area is 239 Å². The van der Waals surface area contributed by atoms with Gasteiger partial charge in [-0.05, 0) is 44.2 Å². The molecule has 5 fully saturated rings. The van der Waals surface area contributed by atoms with E-state index >= 15 is 0 Å². The van der Waals surface area contributed by atoms with Crippen LogP contribution in [-0.4, -0.2) is 72.2 Å². The summed E-state index contributed by atoms with van der Waals surface area (Å²) in [6.45, 7) is 9.05. The summed E-state index contributed by atoms with van der Waals surface area (Å²) in [5.74, 6) is -2.17. The molecule has 2 saturated carbocycles. The second-order valence-electron chi connectivity index (χ2n) is 13.1. The molecule has 2 spiro atoms. The summed E-state index contributed by atoms with van der Waals surface area (Å²) in [7, 11) is 0. The third-order valence-electron chi connectivity index (χ3n) is 11.0. The summed E-state index contributed by atoms with van der Waals surface area (Å²) in [4.78, 5) is 51.2. The molecule has 41 heavy (non-hydrogen) atoms. The molecule has 1 aromatic carbocycles. The lowest BCUT2D eigenvalue weighted by atomic mass is 9.40. The molecule has 0 unspecified atom stereocenters. The van der Waals surface area contributed by atoms with Crippen molar-refractivity contribution in [3.63, 3.8) is 0 Å². The van der Waals surface area contributed by atoms with Crippen molar-refractivity contribution in [1.29, 1.82) is 0 Å². The molecular weight excluding hydrogens is 532 g/mol. The lowest BCUT2D eigenvalue weighted by molar-refractivity contribution is -0.371. The molecule has 0 bridgehead atoms. The minimum Gasteiger partial charge on any atom is -0.462 e. The number of ether oxygens (including phenoxy) is 6. The lowest BCUT2D eigenvalue weighted by Gasteiger charge is -2.71. The van der Waals surface area contributed by atoms with Gasteiger partial charge in [-0.3, -0.25) is 14.4 Å². The smallest absolute Gasteiger partial charge is 0.338 e. The minimum atomic E-state index is -1.31. The number of cyclic esters (lactones) is 1. The van der Waals surface area contributed by atoms with Crippen LogP contribution in [-0.2, 0) is 42.8 Å². The number of rotatable bonds is 4. The van der Waals surface area contributed by atoms with Gasteiger partial charge in [0.15, 0.2) is 11.7 Å². The molecule has 5 aliphatic rings. The Morgan fingerprint density at radius 2 is 1.59 bits per heavy atom. The van der Waals surface area contributed by atoms with Gasteiger partial charge in [-0.15, -0.1) is 0 Å². The van der Waals surface area contributed by atoms with E-state index in [1.807, 2.05) is 13.0 Å². The first-order valence-electron chi connectivity index (χ1n) is 14.4. The van der Waals surface area contributed by atoms with Gasteiger partial charge in [0.1, 0.15) is 30.0 Å². The third kappa shape index (κ3) is 3.96. The highest BCUT2D eigenvalue weighted by Crippen LogP contribution is 2.72. The molecule has 0 aromatic heterocycles. The van der Waals surface area contributed by atoms with Gasteiger partial charge in [-0.2, -0.15) is 0 Å². The SMILES string of the molecule is CC(=O)O[C@H]1[C@H](OC(C)=O)[C@]2(C)O[C@@]3(COC(=O)C3)[C@@H](OC(=O)c3ccccc3)C[C@]2(C)[C@H]2CCC[C@]3(CO3)[C@]12C. The second-order valence-corrected chi connectivity index (χ2v) is 13.1. The maximum Gasteiger partial charge on any atom is 0.338 e. The molecule has 10 nitrogen and oxygen atoms in total. The quantitative estimate of drug-likeness (QED) is 0.301. The van der Waals surface area contributed by atoms with Crippen molar-refractivity contribution in [3.8, 4) is 0 Å². The van der Waals surface area contributed by atoms with Crippen LogP contribution in [0.3, 0.4) is 0 Å². The maximum atomic E-state index is 13.4. The van der Waals surface area contributed by atoms with Gasteiger partial charge < -0.3 is 28.4 Å². The highest BCUT2D eigenvalue weighted by molar-refractivity contribution is 5.89. The van der Waals surface area contributed by atoms with E-state index in [-0.39, 0.29) is 18.9 Å². The topological polar surface area (TPSA) is 127 Å². The van der Waals surface area contributed by atoms with E-state index in [0.717, 1.165) is 19.3 Å². The van der Waals surface area contributed by atoms with Gasteiger partial charge in [0.2, 0.25) is 0 Å². The third-order valence-corrected chi connectivity index (χ3v) is 11.0. The van der Waals surface area contributed by atoms with Crippen LogP contribution >= 0.6 is 0 Å². The molecular formula is C31H38O10. The Morgan fingerprint density at radius 1 is 0.927 bits per heavy atom. The van der Waals surface area contributed by atoms with E-state index in [9.17, 15) is 19.2 Å². The Morgan fingerprint density at radius 3 is 2.17 bits per heavy atom. The van der Waals surface area contributed by atoms with Crippen molar-refractivity contribution >= 4 is 23.9 Å². The van der Waals surface area contributed by atoms with E-state index < -0.39 is 69.8 Å². The van der Waals surface area contributed by atoms with E-state index in [1.165, 1.54) is 13.8 Å². The first kappa shape index (κ1) is 28.2. The molecule has 0 radical (unpaired) electrons. The van der Waals surface area contributed by atoms with Crippen LogP contribution in [0.1, 0.15) is 77.1 Å². The van der Waals surface area contributed by atoms with Crippen LogP contribution in [0.15, 0.2) is 30.3 Å². The van der Waals surface area contributed by atoms with Crippen molar-refractivity contribution < 1.29 is 47.6 Å². The van der Waals surface area contributed by atoms with E-state index in [2.05, 4.69) is 13.8 Å². The Kier molecular flexibility index (Phi) is 6.36. The lowest BCUT2D eigenvalue weighted by Crippen LogP contribution is -2.80. The average molecular weight is 571 g/mol. The minimum absolute atomic E-state index is 0.121. The monoisotopic (exact) mass is 570 g/mol. The van der Waals surface area contributed by atoms with E-state index in [1.54, 1.807) is 24.3 Å². The highest BCUT2D eigenvalue weighted by atomic mass is 16.7. The number of carbonyl (C=O) groups excluding carboxylic acids is 4. The fraction of sp³-hybridized carbons (Fsp3) is 0.677. The fourth-order valence-corrected chi connectivity index (χ4v) is 8.77. The molecule has 1 aromatic rings. The summed E-state index contributed by atoms with van der Waals surface area (Å²) in [6.07, 6.45) is -0.0742. The second kappa shape index (κ2) is 9.26. The molecule has 6 rings (SSSR count). The zero-order valence-electron chi connectivity index (χ0n) is 24.2. The zero-order valence-corrected chi connectivity index (χ0v) is 24.2. The predicted molar refractivity (Wildman–Crippen MR) is 141 cm³/mol. The summed E-state index contributed by atoms with van der Waals surface area (Å²) >= 11 is 0. The maximum absolute atomic E-state index is 13.4. The van der Waals surface area contributed by atoms with Crippen LogP contribution in [0.2, 0.25) is 0 Å². The van der Waals surface area contributed by atoms with Gasteiger partial charge in [0.25, 0.3) is 0 Å². The predicted octanol–water partition coefficient (Wildman–Crippen LogP) is 3.54. The average Bonchev–Trinajstić information content (AvgIpc) is 3.60. The van der Waals surface area contributed by atoms with Crippen LogP contribution in [0.25, 0.3) is 0 Å². The largest absolute Gasteiger partial charge is 0.462 e. The van der Waals surface area contributed by atoms with Gasteiger partial charge in [0, 0.05) is 24.7 Å². The van der Waals surface area contributed by atoms with Crippen molar-refractivity contribution in [1.82, 2.24) is 0 Å². The summed E-state index contributed by atoms with van der Waals surface area (Å²) in [6, 6.07) is 8.68. The molecule has 3 heterocycles. The van der Waals surface area contributed by atoms with Gasteiger partial charge in [-0.25, -0.2) is 4.79 Å². The number of epoxide rings is 1. The molecule has 3 saturated heterocycles. The summed E-state index contributed by atoms with van der Waals surface area (Å²) in [5.41, 5.74) is -4.19. The number of esters is 4. The van der Waals surface area contributed by atoms with E-state index in [4.69, 9.17) is 28.4 Å². The first-order chi connectivity index (χ1) is 19.3. The molecule has 0 amide bonds. The number of hydrogen-bond donors (Lipinski definition) is 0.